The Bertz CT molecular complexity index is 385. The van der Waals surface area contributed by atoms with Gasteiger partial charge in [0.15, 0.2) is 6.61 Å². The number of amides is 1. The van der Waals surface area contributed by atoms with Crippen molar-refractivity contribution in [3.8, 4) is 0 Å². The van der Waals surface area contributed by atoms with Gasteiger partial charge in [-0.25, -0.2) is 4.79 Å². The number of nitrogens with zero attached hydrogens (tertiary/aromatic N) is 1. The summed E-state index contributed by atoms with van der Waals surface area (Å²) in [5.74, 6) is -0.793. The van der Waals surface area contributed by atoms with Gasteiger partial charge in [-0.2, -0.15) is 0 Å². The number of likely N-dealkylation sites (N-methyl/N-ethyl adjacent to an activating group) is 1. The fourth-order valence-electron chi connectivity index (χ4n) is 0.959. The zero-order chi connectivity index (χ0) is 12.1. The van der Waals surface area contributed by atoms with Gasteiger partial charge in [-0.05, 0) is 24.3 Å². The third kappa shape index (κ3) is 3.27. The topological polar surface area (TPSA) is 72.6 Å². The van der Waals surface area contributed by atoms with Crippen molar-refractivity contribution in [2.24, 2.45) is 0 Å². The number of rotatable bonds is 3. The first-order chi connectivity index (χ1) is 7.50. The SMILES string of the molecule is CN(C)C(=O)COC(=O)c1ccc(N)cc1. The molecule has 0 aliphatic heterocycles. The summed E-state index contributed by atoms with van der Waals surface area (Å²) in [6, 6.07) is 6.31. The lowest BCUT2D eigenvalue weighted by Crippen LogP contribution is -2.27. The second kappa shape index (κ2) is 5.16. The molecule has 0 aliphatic rings. The maximum atomic E-state index is 11.4. The molecule has 0 aliphatic carbocycles. The van der Waals surface area contributed by atoms with Crippen LogP contribution in [0.4, 0.5) is 5.69 Å². The Hall–Kier alpha value is -2.04. The predicted molar refractivity (Wildman–Crippen MR) is 59.8 cm³/mol. The first kappa shape index (κ1) is 12.0. The van der Waals surface area contributed by atoms with Gasteiger partial charge in [-0.15, -0.1) is 0 Å². The third-order valence-corrected chi connectivity index (χ3v) is 1.97. The van der Waals surface area contributed by atoms with E-state index < -0.39 is 5.97 Å². The van der Waals surface area contributed by atoms with Gasteiger partial charge in [-0.3, -0.25) is 4.79 Å². The van der Waals surface area contributed by atoms with E-state index in [0.717, 1.165) is 0 Å². The average molecular weight is 222 g/mol. The van der Waals surface area contributed by atoms with Crippen molar-refractivity contribution >= 4 is 17.6 Å². The van der Waals surface area contributed by atoms with Gasteiger partial charge < -0.3 is 15.4 Å². The zero-order valence-electron chi connectivity index (χ0n) is 9.27. The molecule has 1 aromatic carbocycles. The summed E-state index contributed by atoms with van der Waals surface area (Å²) in [6.07, 6.45) is 0. The number of anilines is 1. The summed E-state index contributed by atoms with van der Waals surface area (Å²) in [5, 5.41) is 0. The number of hydrogen-bond acceptors (Lipinski definition) is 4. The minimum atomic E-state index is -0.532. The molecule has 0 atom stereocenters. The van der Waals surface area contributed by atoms with Gasteiger partial charge in [-0.1, -0.05) is 0 Å². The molecular formula is C11H14N2O3. The highest BCUT2D eigenvalue weighted by atomic mass is 16.5. The number of nitrogens with two attached hydrogens (primary N) is 1. The maximum Gasteiger partial charge on any atom is 0.338 e. The van der Waals surface area contributed by atoms with E-state index >= 15 is 0 Å². The molecule has 16 heavy (non-hydrogen) atoms. The molecule has 0 spiro atoms. The Kier molecular flexibility index (Phi) is 3.88. The van der Waals surface area contributed by atoms with Crippen molar-refractivity contribution in [2.45, 2.75) is 0 Å². The summed E-state index contributed by atoms with van der Waals surface area (Å²) in [6.45, 7) is -0.254. The van der Waals surface area contributed by atoms with E-state index in [2.05, 4.69) is 0 Å². The monoisotopic (exact) mass is 222 g/mol. The fraction of sp³-hybridized carbons (Fsp3) is 0.273. The lowest BCUT2D eigenvalue weighted by atomic mass is 10.2. The van der Waals surface area contributed by atoms with Crippen LogP contribution in [-0.4, -0.2) is 37.5 Å². The van der Waals surface area contributed by atoms with E-state index in [0.29, 0.717) is 11.3 Å². The minimum Gasteiger partial charge on any atom is -0.452 e. The Morgan fingerprint density at radius 1 is 1.25 bits per heavy atom. The molecule has 0 radical (unpaired) electrons. The number of hydrogen-bond donors (Lipinski definition) is 1. The first-order valence-electron chi connectivity index (χ1n) is 4.73. The second-order valence-electron chi connectivity index (χ2n) is 3.49. The largest absolute Gasteiger partial charge is 0.452 e. The molecule has 0 bridgehead atoms. The van der Waals surface area contributed by atoms with Crippen LogP contribution in [-0.2, 0) is 9.53 Å². The van der Waals surface area contributed by atoms with Crippen molar-refractivity contribution in [1.29, 1.82) is 0 Å². The summed E-state index contributed by atoms with van der Waals surface area (Å²) < 4.78 is 4.82. The normalized spacial score (nSPS) is 9.62. The van der Waals surface area contributed by atoms with Crippen LogP contribution in [0, 0.1) is 0 Å². The summed E-state index contributed by atoms with van der Waals surface area (Å²) in [7, 11) is 3.19. The highest BCUT2D eigenvalue weighted by molar-refractivity contribution is 5.91. The molecule has 0 saturated heterocycles. The molecule has 0 aromatic heterocycles. The van der Waals surface area contributed by atoms with E-state index in [1.54, 1.807) is 38.4 Å². The lowest BCUT2D eigenvalue weighted by molar-refractivity contribution is -0.131. The highest BCUT2D eigenvalue weighted by Crippen LogP contribution is 2.06. The molecule has 0 saturated carbocycles. The van der Waals surface area contributed by atoms with E-state index in [9.17, 15) is 9.59 Å². The number of benzene rings is 1. The molecule has 1 amide bonds. The molecule has 5 heteroatoms. The minimum absolute atomic E-state index is 0.254. The van der Waals surface area contributed by atoms with Gasteiger partial charge in [0.25, 0.3) is 5.91 Å². The first-order valence-corrected chi connectivity index (χ1v) is 4.73. The zero-order valence-corrected chi connectivity index (χ0v) is 9.27. The lowest BCUT2D eigenvalue weighted by Gasteiger charge is -2.10. The quantitative estimate of drug-likeness (QED) is 0.597. The van der Waals surface area contributed by atoms with Gasteiger partial charge in [0.2, 0.25) is 0 Å². The number of carbonyl (C=O) groups is 2. The van der Waals surface area contributed by atoms with E-state index in [1.165, 1.54) is 4.90 Å². The van der Waals surface area contributed by atoms with Crippen LogP contribution in [0.5, 0.6) is 0 Å². The summed E-state index contributed by atoms with van der Waals surface area (Å²) in [5.41, 5.74) is 6.42. The maximum absolute atomic E-state index is 11.4. The van der Waals surface area contributed by atoms with E-state index in [1.807, 2.05) is 0 Å². The molecule has 5 nitrogen and oxygen atoms in total. The second-order valence-corrected chi connectivity index (χ2v) is 3.49. The molecule has 1 rings (SSSR count). The van der Waals surface area contributed by atoms with Crippen molar-refractivity contribution in [1.82, 2.24) is 4.90 Å². The predicted octanol–water partition coefficient (Wildman–Crippen LogP) is 0.514. The van der Waals surface area contributed by atoms with Gasteiger partial charge in [0.05, 0.1) is 5.56 Å². The van der Waals surface area contributed by atoms with Crippen LogP contribution in [0.15, 0.2) is 24.3 Å². The molecule has 0 fully saturated rings. The van der Waals surface area contributed by atoms with Gasteiger partial charge >= 0.3 is 5.97 Å². The van der Waals surface area contributed by atoms with Crippen LogP contribution in [0.25, 0.3) is 0 Å². The van der Waals surface area contributed by atoms with E-state index in [4.69, 9.17) is 10.5 Å². The van der Waals surface area contributed by atoms with Crippen LogP contribution < -0.4 is 5.73 Å². The molecule has 0 unspecified atom stereocenters. The molecular weight excluding hydrogens is 208 g/mol. The van der Waals surface area contributed by atoms with Crippen LogP contribution >= 0.6 is 0 Å². The van der Waals surface area contributed by atoms with Gasteiger partial charge in [0, 0.05) is 19.8 Å². The smallest absolute Gasteiger partial charge is 0.338 e. The summed E-state index contributed by atoms with van der Waals surface area (Å²) >= 11 is 0. The Morgan fingerprint density at radius 3 is 2.31 bits per heavy atom. The van der Waals surface area contributed by atoms with Crippen molar-refractivity contribution in [2.75, 3.05) is 26.4 Å². The van der Waals surface area contributed by atoms with Crippen LogP contribution in [0.3, 0.4) is 0 Å². The molecule has 0 heterocycles. The van der Waals surface area contributed by atoms with Gasteiger partial charge in [0.1, 0.15) is 0 Å². The number of ether oxygens (including phenoxy) is 1. The Balaban J connectivity index is 2.53. The van der Waals surface area contributed by atoms with Crippen molar-refractivity contribution in [3.05, 3.63) is 29.8 Å². The third-order valence-electron chi connectivity index (χ3n) is 1.97. The van der Waals surface area contributed by atoms with E-state index in [-0.39, 0.29) is 12.5 Å². The van der Waals surface area contributed by atoms with Crippen molar-refractivity contribution < 1.29 is 14.3 Å². The molecule has 2 N–H and O–H groups in total. The number of carbonyl (C=O) groups excluding carboxylic acids is 2. The Labute approximate surface area is 93.8 Å². The Morgan fingerprint density at radius 2 is 1.81 bits per heavy atom. The standard InChI is InChI=1S/C11H14N2O3/c1-13(2)10(14)7-16-11(15)8-3-5-9(12)6-4-8/h3-6H,7,12H2,1-2H3. The van der Waals surface area contributed by atoms with Crippen LogP contribution in [0.2, 0.25) is 0 Å². The fourth-order valence-corrected chi connectivity index (χ4v) is 0.959. The molecule has 86 valence electrons. The molecule has 1 aromatic rings. The highest BCUT2D eigenvalue weighted by Gasteiger charge is 2.10. The van der Waals surface area contributed by atoms with Crippen molar-refractivity contribution in [3.63, 3.8) is 0 Å². The average Bonchev–Trinajstić information content (AvgIpc) is 2.26. The number of nitrogen functional groups attached to an aromatic ring is 1. The van der Waals surface area contributed by atoms with Crippen LogP contribution in [0.1, 0.15) is 10.4 Å². The number of esters is 1. The summed E-state index contributed by atoms with van der Waals surface area (Å²) in [4.78, 5) is 24.0.